The maximum Gasteiger partial charge on any atom is 0.419 e. The summed E-state index contributed by atoms with van der Waals surface area (Å²) in [4.78, 5) is 13.0. The lowest BCUT2D eigenvalue weighted by atomic mass is 10.4. The predicted molar refractivity (Wildman–Crippen MR) is 44.3 cm³/mol. The Morgan fingerprint density at radius 3 is 2.85 bits per heavy atom. The maximum atomic E-state index is 12.6. The second-order valence-electron chi connectivity index (χ2n) is 2.32. The van der Waals surface area contributed by atoms with Crippen molar-refractivity contribution in [2.45, 2.75) is 0 Å². The summed E-state index contributed by atoms with van der Waals surface area (Å²) >= 11 is 1.04. The highest BCUT2D eigenvalue weighted by Crippen LogP contribution is 2.30. The van der Waals surface area contributed by atoms with Gasteiger partial charge in [0, 0.05) is 5.38 Å². The fraction of sp³-hybridized carbons (Fsp3) is 0. The van der Waals surface area contributed by atoms with Crippen LogP contribution in [0.3, 0.4) is 0 Å². The molecule has 2 heterocycles. The highest BCUT2D eigenvalue weighted by molar-refractivity contribution is 7.13. The van der Waals surface area contributed by atoms with Crippen LogP contribution in [0.25, 0.3) is 10.6 Å². The quantitative estimate of drug-likeness (QED) is 0.735. The van der Waals surface area contributed by atoms with Gasteiger partial charge in [0.1, 0.15) is 5.82 Å². The monoisotopic (exact) mass is 201 g/mol. The van der Waals surface area contributed by atoms with Crippen LogP contribution in [-0.4, -0.2) is 10.1 Å². The molecule has 0 aliphatic carbocycles. The van der Waals surface area contributed by atoms with Crippen LogP contribution in [0.2, 0.25) is 0 Å². The Bertz CT molecular complexity index is 484. The minimum Gasteiger partial charge on any atom is -0.492 e. The molecule has 0 aromatic carbocycles. The van der Waals surface area contributed by atoms with Gasteiger partial charge in [-0.1, -0.05) is 0 Å². The first-order valence-corrected chi connectivity index (χ1v) is 4.21. The number of hydrogen-bond acceptors (Lipinski definition) is 4. The minimum atomic E-state index is -0.763. The van der Waals surface area contributed by atoms with Crippen LogP contribution in [0.1, 0.15) is 0 Å². The molecule has 0 spiro atoms. The Kier molecular flexibility index (Phi) is 1.70. The molecule has 2 aromatic heterocycles. The molecule has 4 nitrogen and oxygen atoms in total. The van der Waals surface area contributed by atoms with Gasteiger partial charge in [0.25, 0.3) is 0 Å². The van der Waals surface area contributed by atoms with Crippen LogP contribution in [0.15, 0.2) is 20.7 Å². The zero-order valence-electron chi connectivity index (χ0n) is 6.20. The van der Waals surface area contributed by atoms with Crippen LogP contribution in [0.5, 0.6) is 5.88 Å². The van der Waals surface area contributed by atoms with Crippen molar-refractivity contribution in [2.24, 2.45) is 0 Å². The first-order valence-electron chi connectivity index (χ1n) is 3.33. The summed E-state index contributed by atoms with van der Waals surface area (Å²) < 4.78 is 17.1. The summed E-state index contributed by atoms with van der Waals surface area (Å²) in [5.41, 5.74) is 0. The lowest BCUT2D eigenvalue weighted by Gasteiger charge is -1.87. The van der Waals surface area contributed by atoms with Crippen molar-refractivity contribution in [1.82, 2.24) is 4.98 Å². The molecule has 0 saturated heterocycles. The molecule has 6 heteroatoms. The maximum absolute atomic E-state index is 12.6. The van der Waals surface area contributed by atoms with Crippen molar-refractivity contribution in [3.8, 4) is 16.5 Å². The Hall–Kier alpha value is -1.56. The summed E-state index contributed by atoms with van der Waals surface area (Å²) in [5.74, 6) is -1.60. The number of aromatic amines is 1. The van der Waals surface area contributed by atoms with E-state index in [0.29, 0.717) is 4.88 Å². The van der Waals surface area contributed by atoms with Crippen LogP contribution in [0, 0.1) is 5.82 Å². The molecule has 0 radical (unpaired) electrons. The molecule has 0 atom stereocenters. The summed E-state index contributed by atoms with van der Waals surface area (Å²) in [5, 5.41) is 10.4. The normalized spacial score (nSPS) is 10.5. The molecular weight excluding hydrogens is 197 g/mol. The molecule has 0 aliphatic heterocycles. The zero-order valence-corrected chi connectivity index (χ0v) is 7.02. The smallest absolute Gasteiger partial charge is 0.419 e. The summed E-state index contributed by atoms with van der Waals surface area (Å²) in [6, 6.07) is 1.18. The number of nitrogens with one attached hydrogen (secondary N) is 1. The third kappa shape index (κ3) is 1.35. The van der Waals surface area contributed by atoms with Gasteiger partial charge in [-0.05, 0) is 6.07 Å². The molecule has 0 saturated carbocycles. The Balaban J connectivity index is 2.58. The molecular formula is C7H4FNO3S. The van der Waals surface area contributed by atoms with Crippen molar-refractivity contribution in [3.05, 3.63) is 27.8 Å². The molecule has 0 amide bonds. The van der Waals surface area contributed by atoms with Gasteiger partial charge in [0.15, 0.2) is 0 Å². The largest absolute Gasteiger partial charge is 0.492 e. The summed E-state index contributed by atoms with van der Waals surface area (Å²) in [6.45, 7) is 0. The van der Waals surface area contributed by atoms with E-state index in [2.05, 4.69) is 4.42 Å². The SMILES string of the molecule is O=c1[nH]c(O)c(-c2cc(F)cs2)o1. The highest BCUT2D eigenvalue weighted by atomic mass is 32.1. The van der Waals surface area contributed by atoms with Gasteiger partial charge in [-0.3, -0.25) is 4.98 Å². The Morgan fingerprint density at radius 2 is 2.38 bits per heavy atom. The van der Waals surface area contributed by atoms with E-state index in [-0.39, 0.29) is 11.6 Å². The number of hydrogen-bond donors (Lipinski definition) is 2. The van der Waals surface area contributed by atoms with E-state index in [0.717, 1.165) is 11.3 Å². The lowest BCUT2D eigenvalue weighted by molar-refractivity contribution is 0.453. The lowest BCUT2D eigenvalue weighted by Crippen LogP contribution is -1.92. The van der Waals surface area contributed by atoms with Gasteiger partial charge in [-0.2, -0.15) is 0 Å². The molecule has 2 aromatic rings. The summed E-state index contributed by atoms with van der Waals surface area (Å²) in [7, 11) is 0. The molecule has 68 valence electrons. The second kappa shape index (κ2) is 2.74. The topological polar surface area (TPSA) is 66.2 Å². The zero-order chi connectivity index (χ0) is 9.42. The minimum absolute atomic E-state index is 0.0288. The molecule has 0 bridgehead atoms. The molecule has 2 N–H and O–H groups in total. The van der Waals surface area contributed by atoms with Crippen LogP contribution >= 0.6 is 11.3 Å². The fourth-order valence-corrected chi connectivity index (χ4v) is 1.65. The fourth-order valence-electron chi connectivity index (χ4n) is 0.919. The highest BCUT2D eigenvalue weighted by Gasteiger charge is 2.13. The average Bonchev–Trinajstić information content (AvgIpc) is 2.58. The van der Waals surface area contributed by atoms with Crippen LogP contribution in [-0.2, 0) is 0 Å². The summed E-state index contributed by atoms with van der Waals surface area (Å²) in [6.07, 6.45) is 0. The average molecular weight is 201 g/mol. The van der Waals surface area contributed by atoms with Gasteiger partial charge in [-0.15, -0.1) is 11.3 Å². The van der Waals surface area contributed by atoms with E-state index in [4.69, 9.17) is 5.11 Å². The van der Waals surface area contributed by atoms with Crippen molar-refractivity contribution < 1.29 is 13.9 Å². The van der Waals surface area contributed by atoms with E-state index >= 15 is 0 Å². The number of oxazole rings is 1. The third-order valence-corrected chi connectivity index (χ3v) is 2.32. The molecule has 2 rings (SSSR count). The first-order chi connectivity index (χ1) is 6.16. The van der Waals surface area contributed by atoms with E-state index < -0.39 is 11.6 Å². The van der Waals surface area contributed by atoms with Crippen molar-refractivity contribution in [2.75, 3.05) is 0 Å². The number of H-pyrrole nitrogens is 1. The predicted octanol–water partition coefficient (Wildman–Crippen LogP) is 1.54. The van der Waals surface area contributed by atoms with Crippen molar-refractivity contribution >= 4 is 11.3 Å². The van der Waals surface area contributed by atoms with Gasteiger partial charge in [0.05, 0.1) is 4.88 Å². The standard InChI is InChI=1S/C7H4FNO3S/c8-3-1-4(13-2-3)5-6(10)9-7(11)12-5/h1-2,10H,(H,9,11). The van der Waals surface area contributed by atoms with E-state index in [1.165, 1.54) is 11.4 Å². The first kappa shape index (κ1) is 8.06. The van der Waals surface area contributed by atoms with Gasteiger partial charge >= 0.3 is 5.76 Å². The number of aromatic nitrogens is 1. The van der Waals surface area contributed by atoms with Gasteiger partial charge in [0.2, 0.25) is 11.6 Å². The van der Waals surface area contributed by atoms with E-state index in [9.17, 15) is 9.18 Å². The molecule has 0 aliphatic rings. The number of rotatable bonds is 1. The van der Waals surface area contributed by atoms with Crippen molar-refractivity contribution in [3.63, 3.8) is 0 Å². The van der Waals surface area contributed by atoms with Crippen LogP contribution < -0.4 is 5.76 Å². The van der Waals surface area contributed by atoms with Crippen LogP contribution in [0.4, 0.5) is 4.39 Å². The number of halogens is 1. The molecule has 0 unspecified atom stereocenters. The number of thiophene rings is 1. The Morgan fingerprint density at radius 1 is 1.62 bits per heavy atom. The second-order valence-corrected chi connectivity index (χ2v) is 3.23. The van der Waals surface area contributed by atoms with Crippen molar-refractivity contribution in [1.29, 1.82) is 0 Å². The van der Waals surface area contributed by atoms with E-state index in [1.54, 1.807) is 0 Å². The van der Waals surface area contributed by atoms with Gasteiger partial charge < -0.3 is 9.52 Å². The molecule has 0 fully saturated rings. The number of aromatic hydroxyl groups is 1. The van der Waals surface area contributed by atoms with E-state index in [1.807, 2.05) is 4.98 Å². The Labute approximate surface area is 75.3 Å². The van der Waals surface area contributed by atoms with Gasteiger partial charge in [-0.25, -0.2) is 9.18 Å². The molecule has 13 heavy (non-hydrogen) atoms. The third-order valence-electron chi connectivity index (χ3n) is 1.42.